The van der Waals surface area contributed by atoms with E-state index in [4.69, 9.17) is 0 Å². The number of thiazole rings is 1. The molecular weight excluding hydrogens is 280 g/mol. The van der Waals surface area contributed by atoms with Gasteiger partial charge in [-0.25, -0.2) is 4.98 Å². The molecule has 6 heteroatoms. The number of esters is 1. The van der Waals surface area contributed by atoms with E-state index in [1.807, 2.05) is 18.2 Å². The molecule has 19 heavy (non-hydrogen) atoms. The summed E-state index contributed by atoms with van der Waals surface area (Å²) < 4.78 is 6.89. The lowest BCUT2D eigenvalue weighted by atomic mass is 10.3. The molecule has 0 amide bonds. The highest BCUT2D eigenvalue weighted by Gasteiger charge is 2.03. The molecular formula is C13H16N2O2S2. The van der Waals surface area contributed by atoms with Crippen LogP contribution >= 0.6 is 23.1 Å². The highest BCUT2D eigenvalue weighted by atomic mass is 32.2. The smallest absolute Gasteiger partial charge is 0.306 e. The fourth-order valence-corrected chi connectivity index (χ4v) is 3.58. The molecule has 0 radical (unpaired) electrons. The van der Waals surface area contributed by atoms with Crippen LogP contribution in [0.4, 0.5) is 0 Å². The molecule has 0 aliphatic carbocycles. The Kier molecular flexibility index (Phi) is 5.62. The Morgan fingerprint density at radius 3 is 3.05 bits per heavy atom. The average Bonchev–Trinajstić information content (AvgIpc) is 2.84. The number of nitrogens with one attached hydrogen (secondary N) is 1. The normalized spacial score (nSPS) is 10.8. The third kappa shape index (κ3) is 4.49. The molecule has 0 unspecified atom stereocenters. The zero-order valence-corrected chi connectivity index (χ0v) is 12.4. The molecule has 102 valence electrons. The third-order valence-electron chi connectivity index (χ3n) is 2.51. The number of benzene rings is 1. The Labute approximate surface area is 120 Å². The zero-order valence-electron chi connectivity index (χ0n) is 10.7. The van der Waals surface area contributed by atoms with Gasteiger partial charge in [-0.1, -0.05) is 23.9 Å². The van der Waals surface area contributed by atoms with Gasteiger partial charge in [-0.2, -0.15) is 0 Å². The van der Waals surface area contributed by atoms with Crippen molar-refractivity contribution >= 4 is 39.3 Å². The van der Waals surface area contributed by atoms with Crippen LogP contribution in [0.1, 0.15) is 6.42 Å². The number of methoxy groups -OCH3 is 1. The number of carbonyl (C=O) groups excluding carboxylic acids is 1. The minimum absolute atomic E-state index is 0.175. The molecule has 0 bridgehead atoms. The summed E-state index contributed by atoms with van der Waals surface area (Å²) >= 11 is 3.46. The SMILES string of the molecule is COC(=O)CCNCCSc1nc2ccccc2s1. The maximum absolute atomic E-state index is 10.9. The van der Waals surface area contributed by atoms with Gasteiger partial charge in [-0.3, -0.25) is 4.79 Å². The summed E-state index contributed by atoms with van der Waals surface area (Å²) in [5, 5.41) is 3.21. The standard InChI is InChI=1S/C13H16N2O2S2/c1-17-12(16)6-7-14-8-9-18-13-15-10-4-2-3-5-11(10)19-13/h2-5,14H,6-9H2,1H3. The number of fused-ring (bicyclic) bond motifs is 1. The number of aromatic nitrogens is 1. The third-order valence-corrected chi connectivity index (χ3v) is 4.69. The Bertz CT molecular complexity index is 509. The van der Waals surface area contributed by atoms with Crippen LogP contribution in [0.2, 0.25) is 0 Å². The van der Waals surface area contributed by atoms with E-state index in [-0.39, 0.29) is 5.97 Å². The first-order valence-corrected chi connectivity index (χ1v) is 7.85. The van der Waals surface area contributed by atoms with E-state index in [0.717, 1.165) is 22.2 Å². The van der Waals surface area contributed by atoms with Crippen molar-refractivity contribution in [2.45, 2.75) is 10.8 Å². The van der Waals surface area contributed by atoms with Crippen LogP contribution in [0.3, 0.4) is 0 Å². The van der Waals surface area contributed by atoms with Gasteiger partial charge in [-0.05, 0) is 12.1 Å². The molecule has 0 spiro atoms. The van der Waals surface area contributed by atoms with Gasteiger partial charge in [0.2, 0.25) is 0 Å². The Morgan fingerprint density at radius 2 is 2.26 bits per heavy atom. The number of nitrogens with zero attached hydrogens (tertiary/aromatic N) is 1. The molecule has 1 aromatic heterocycles. The van der Waals surface area contributed by atoms with Crippen molar-refractivity contribution in [1.29, 1.82) is 0 Å². The van der Waals surface area contributed by atoms with Crippen LogP contribution in [0.15, 0.2) is 28.6 Å². The quantitative estimate of drug-likeness (QED) is 0.483. The Balaban J connectivity index is 1.67. The van der Waals surface area contributed by atoms with E-state index in [1.165, 1.54) is 11.8 Å². The van der Waals surface area contributed by atoms with Crippen LogP contribution in [0.25, 0.3) is 10.2 Å². The summed E-state index contributed by atoms with van der Waals surface area (Å²) in [5.41, 5.74) is 1.06. The van der Waals surface area contributed by atoms with Crippen molar-refractivity contribution in [2.75, 3.05) is 26.0 Å². The second-order valence-corrected chi connectivity index (χ2v) is 6.24. The van der Waals surface area contributed by atoms with Crippen molar-refractivity contribution in [3.63, 3.8) is 0 Å². The topological polar surface area (TPSA) is 51.2 Å². The van der Waals surface area contributed by atoms with Gasteiger partial charge in [0.25, 0.3) is 0 Å². The first-order chi connectivity index (χ1) is 9.29. The first-order valence-electron chi connectivity index (χ1n) is 6.05. The number of ether oxygens (including phenoxy) is 1. The minimum atomic E-state index is -0.175. The van der Waals surface area contributed by atoms with Gasteiger partial charge in [0.05, 0.1) is 23.7 Å². The van der Waals surface area contributed by atoms with Gasteiger partial charge < -0.3 is 10.1 Å². The van der Waals surface area contributed by atoms with Crippen LogP contribution in [-0.2, 0) is 9.53 Å². The van der Waals surface area contributed by atoms with E-state index in [2.05, 4.69) is 21.1 Å². The summed E-state index contributed by atoms with van der Waals surface area (Å²) in [5.74, 6) is 0.771. The van der Waals surface area contributed by atoms with Crippen LogP contribution in [0.5, 0.6) is 0 Å². The lowest BCUT2D eigenvalue weighted by Gasteiger charge is -2.02. The molecule has 1 heterocycles. The number of rotatable bonds is 7. The predicted octanol–water partition coefficient (Wildman–Crippen LogP) is 2.54. The molecule has 0 atom stereocenters. The molecule has 0 saturated carbocycles. The molecule has 1 aromatic carbocycles. The van der Waals surface area contributed by atoms with Crippen molar-refractivity contribution in [2.24, 2.45) is 0 Å². The lowest BCUT2D eigenvalue weighted by Crippen LogP contribution is -2.21. The van der Waals surface area contributed by atoms with E-state index in [0.29, 0.717) is 13.0 Å². The van der Waals surface area contributed by atoms with Gasteiger partial charge >= 0.3 is 5.97 Å². The van der Waals surface area contributed by atoms with Crippen LogP contribution in [-0.4, -0.2) is 36.9 Å². The maximum Gasteiger partial charge on any atom is 0.306 e. The maximum atomic E-state index is 10.9. The fraction of sp³-hybridized carbons (Fsp3) is 0.385. The molecule has 4 nitrogen and oxygen atoms in total. The van der Waals surface area contributed by atoms with E-state index < -0.39 is 0 Å². The molecule has 0 fully saturated rings. The Hall–Kier alpha value is -1.11. The van der Waals surface area contributed by atoms with Gasteiger partial charge in [0, 0.05) is 18.8 Å². The second-order valence-electron chi connectivity index (χ2n) is 3.87. The Morgan fingerprint density at radius 1 is 1.42 bits per heavy atom. The van der Waals surface area contributed by atoms with Gasteiger partial charge in [0.1, 0.15) is 0 Å². The average molecular weight is 296 g/mol. The number of carbonyl (C=O) groups is 1. The van der Waals surface area contributed by atoms with Gasteiger partial charge in [0.15, 0.2) is 4.34 Å². The fourth-order valence-electron chi connectivity index (χ4n) is 1.54. The number of thioether (sulfide) groups is 1. The summed E-state index contributed by atoms with van der Waals surface area (Å²) in [4.78, 5) is 15.4. The summed E-state index contributed by atoms with van der Waals surface area (Å²) in [7, 11) is 1.41. The molecule has 2 rings (SSSR count). The number of para-hydroxylation sites is 1. The minimum Gasteiger partial charge on any atom is -0.469 e. The van der Waals surface area contributed by atoms with Crippen molar-refractivity contribution in [3.05, 3.63) is 24.3 Å². The van der Waals surface area contributed by atoms with E-state index in [1.54, 1.807) is 23.1 Å². The molecule has 0 aliphatic heterocycles. The molecule has 0 aliphatic rings. The molecule has 1 N–H and O–H groups in total. The molecule has 2 aromatic rings. The van der Waals surface area contributed by atoms with Crippen molar-refractivity contribution < 1.29 is 9.53 Å². The van der Waals surface area contributed by atoms with E-state index in [9.17, 15) is 4.79 Å². The largest absolute Gasteiger partial charge is 0.469 e. The monoisotopic (exact) mass is 296 g/mol. The number of hydrogen-bond acceptors (Lipinski definition) is 6. The first kappa shape index (κ1) is 14.3. The van der Waals surface area contributed by atoms with Crippen molar-refractivity contribution in [1.82, 2.24) is 10.3 Å². The second kappa shape index (κ2) is 7.47. The lowest BCUT2D eigenvalue weighted by molar-refractivity contribution is -0.140. The highest BCUT2D eigenvalue weighted by molar-refractivity contribution is 8.01. The number of hydrogen-bond donors (Lipinski definition) is 1. The molecule has 0 saturated heterocycles. The summed E-state index contributed by atoms with van der Waals surface area (Å²) in [6, 6.07) is 8.16. The zero-order chi connectivity index (χ0) is 13.5. The van der Waals surface area contributed by atoms with Gasteiger partial charge in [-0.15, -0.1) is 11.3 Å². The van der Waals surface area contributed by atoms with Crippen LogP contribution in [0, 0.1) is 0 Å². The summed E-state index contributed by atoms with van der Waals surface area (Å²) in [6.07, 6.45) is 0.419. The summed E-state index contributed by atoms with van der Waals surface area (Å²) in [6.45, 7) is 1.52. The predicted molar refractivity (Wildman–Crippen MR) is 79.8 cm³/mol. The van der Waals surface area contributed by atoms with E-state index >= 15 is 0 Å². The van der Waals surface area contributed by atoms with Crippen LogP contribution < -0.4 is 5.32 Å². The highest BCUT2D eigenvalue weighted by Crippen LogP contribution is 2.28. The van der Waals surface area contributed by atoms with Crippen molar-refractivity contribution in [3.8, 4) is 0 Å².